The van der Waals surface area contributed by atoms with Crippen molar-refractivity contribution in [2.45, 2.75) is 39.5 Å². The van der Waals surface area contributed by atoms with Crippen LogP contribution < -0.4 is 20.7 Å². The van der Waals surface area contributed by atoms with Gasteiger partial charge in [-0.15, -0.1) is 0 Å². The summed E-state index contributed by atoms with van der Waals surface area (Å²) in [5, 5.41) is 7.91. The highest BCUT2D eigenvalue weighted by Crippen LogP contribution is 2.24. The van der Waals surface area contributed by atoms with Crippen LogP contribution >= 0.6 is 0 Å². The number of alkyl carbamates (subject to hydrolysis) is 1. The van der Waals surface area contributed by atoms with Crippen LogP contribution in [-0.4, -0.2) is 45.0 Å². The molecule has 0 aliphatic heterocycles. The van der Waals surface area contributed by atoms with E-state index in [1.54, 1.807) is 6.92 Å². The minimum Gasteiger partial charge on any atom is -0.494 e. The third-order valence-electron chi connectivity index (χ3n) is 3.55. The van der Waals surface area contributed by atoms with Gasteiger partial charge < -0.3 is 25.4 Å². The lowest BCUT2D eigenvalue weighted by Gasteiger charge is -2.19. The van der Waals surface area contributed by atoms with E-state index in [1.165, 1.54) is 5.56 Å². The Balaban J connectivity index is 2.08. The second-order valence-electron chi connectivity index (χ2n) is 6.81. The Morgan fingerprint density at radius 2 is 1.58 bits per heavy atom. The zero-order chi connectivity index (χ0) is 19.4. The fraction of sp³-hybridized carbons (Fsp3) is 0.579. The molecule has 1 rings (SSSR count). The smallest absolute Gasteiger partial charge is 0.407 e. The normalized spacial score (nSPS) is 10.8. The first-order valence-electron chi connectivity index (χ1n) is 8.98. The molecule has 0 heterocycles. The lowest BCUT2D eigenvalue weighted by atomic mass is 9.87. The molecule has 0 saturated heterocycles. The van der Waals surface area contributed by atoms with Crippen LogP contribution in [-0.2, 0) is 10.2 Å². The SMILES string of the molecule is CCOC(=O)NCCNC(=O)NCCCOc1ccc(C(C)(C)C)cc1. The zero-order valence-electron chi connectivity index (χ0n) is 16.2. The average Bonchev–Trinajstić information content (AvgIpc) is 2.58. The topological polar surface area (TPSA) is 88.7 Å². The Bertz CT molecular complexity index is 553. The van der Waals surface area contributed by atoms with Gasteiger partial charge in [-0.25, -0.2) is 9.59 Å². The predicted octanol–water partition coefficient (Wildman–Crippen LogP) is 2.80. The molecule has 1 aromatic carbocycles. The van der Waals surface area contributed by atoms with Crippen LogP contribution in [0.25, 0.3) is 0 Å². The molecule has 7 nitrogen and oxygen atoms in total. The van der Waals surface area contributed by atoms with Gasteiger partial charge in [-0.05, 0) is 36.5 Å². The molecule has 0 bridgehead atoms. The van der Waals surface area contributed by atoms with Gasteiger partial charge in [0, 0.05) is 19.6 Å². The molecule has 0 spiro atoms. The second-order valence-corrected chi connectivity index (χ2v) is 6.81. The lowest BCUT2D eigenvalue weighted by molar-refractivity contribution is 0.152. The van der Waals surface area contributed by atoms with Gasteiger partial charge in [0.05, 0.1) is 13.2 Å². The van der Waals surface area contributed by atoms with Crippen molar-refractivity contribution in [3.8, 4) is 5.75 Å². The van der Waals surface area contributed by atoms with E-state index in [0.717, 1.165) is 5.75 Å². The molecule has 0 saturated carbocycles. The van der Waals surface area contributed by atoms with E-state index in [1.807, 2.05) is 12.1 Å². The molecule has 146 valence electrons. The standard InChI is InChI=1S/C19H31N3O4/c1-5-25-18(24)22-13-12-21-17(23)20-11-6-14-26-16-9-7-15(8-10-16)19(2,3)4/h7-10H,5-6,11-14H2,1-4H3,(H,22,24)(H2,20,21,23). The third-order valence-corrected chi connectivity index (χ3v) is 3.55. The first-order valence-corrected chi connectivity index (χ1v) is 8.98. The van der Waals surface area contributed by atoms with Crippen molar-refractivity contribution in [1.29, 1.82) is 0 Å². The summed E-state index contributed by atoms with van der Waals surface area (Å²) in [6.45, 7) is 10.3. The number of carbonyl (C=O) groups excluding carboxylic acids is 2. The maximum Gasteiger partial charge on any atom is 0.407 e. The Hall–Kier alpha value is -2.44. The van der Waals surface area contributed by atoms with Crippen LogP contribution in [0.15, 0.2) is 24.3 Å². The highest BCUT2D eigenvalue weighted by atomic mass is 16.5. The molecule has 3 amide bonds. The van der Waals surface area contributed by atoms with Crippen molar-refractivity contribution >= 4 is 12.1 Å². The van der Waals surface area contributed by atoms with Gasteiger partial charge in [-0.3, -0.25) is 0 Å². The van der Waals surface area contributed by atoms with E-state index in [9.17, 15) is 9.59 Å². The van der Waals surface area contributed by atoms with Crippen molar-refractivity contribution in [3.05, 3.63) is 29.8 Å². The quantitative estimate of drug-likeness (QED) is 0.587. The van der Waals surface area contributed by atoms with Gasteiger partial charge in [-0.2, -0.15) is 0 Å². The molecule has 0 unspecified atom stereocenters. The fourth-order valence-electron chi connectivity index (χ4n) is 2.10. The van der Waals surface area contributed by atoms with Crippen LogP contribution in [0.5, 0.6) is 5.75 Å². The Kier molecular flexibility index (Phi) is 9.33. The van der Waals surface area contributed by atoms with E-state index in [0.29, 0.717) is 39.3 Å². The van der Waals surface area contributed by atoms with Crippen LogP contribution in [0.2, 0.25) is 0 Å². The Morgan fingerprint density at radius 1 is 0.962 bits per heavy atom. The number of hydrogen-bond donors (Lipinski definition) is 3. The van der Waals surface area contributed by atoms with Crippen LogP contribution in [0.1, 0.15) is 39.7 Å². The van der Waals surface area contributed by atoms with E-state index in [2.05, 4.69) is 48.9 Å². The average molecular weight is 365 g/mol. The summed E-state index contributed by atoms with van der Waals surface area (Å²) in [5.74, 6) is 0.826. The molecule has 7 heteroatoms. The summed E-state index contributed by atoms with van der Waals surface area (Å²) in [4.78, 5) is 22.6. The molecule has 0 aromatic heterocycles. The van der Waals surface area contributed by atoms with Crippen molar-refractivity contribution in [2.24, 2.45) is 0 Å². The number of amides is 3. The predicted molar refractivity (Wildman–Crippen MR) is 102 cm³/mol. The summed E-state index contributed by atoms with van der Waals surface area (Å²) < 4.78 is 10.4. The van der Waals surface area contributed by atoms with E-state index in [4.69, 9.17) is 9.47 Å². The molecular weight excluding hydrogens is 334 g/mol. The Labute approximate surface area is 155 Å². The number of ether oxygens (including phenoxy) is 2. The molecule has 0 radical (unpaired) electrons. The molecule has 3 N–H and O–H groups in total. The first-order chi connectivity index (χ1) is 12.3. The number of rotatable bonds is 9. The van der Waals surface area contributed by atoms with E-state index >= 15 is 0 Å². The van der Waals surface area contributed by atoms with E-state index in [-0.39, 0.29) is 11.4 Å². The molecular formula is C19H31N3O4. The highest BCUT2D eigenvalue weighted by molar-refractivity contribution is 5.73. The zero-order valence-corrected chi connectivity index (χ0v) is 16.2. The van der Waals surface area contributed by atoms with Crippen LogP contribution in [0, 0.1) is 0 Å². The summed E-state index contributed by atoms with van der Waals surface area (Å²) in [7, 11) is 0. The maximum atomic E-state index is 11.6. The molecule has 0 fully saturated rings. The third kappa shape index (κ3) is 9.15. The summed E-state index contributed by atoms with van der Waals surface area (Å²) >= 11 is 0. The molecule has 26 heavy (non-hydrogen) atoms. The van der Waals surface area contributed by atoms with Gasteiger partial charge in [0.2, 0.25) is 0 Å². The number of nitrogens with one attached hydrogen (secondary N) is 3. The monoisotopic (exact) mass is 365 g/mol. The molecule has 0 atom stereocenters. The van der Waals surface area contributed by atoms with Crippen molar-refractivity contribution in [1.82, 2.24) is 16.0 Å². The highest BCUT2D eigenvalue weighted by Gasteiger charge is 2.12. The van der Waals surface area contributed by atoms with Crippen LogP contribution in [0.4, 0.5) is 9.59 Å². The number of urea groups is 1. The molecule has 1 aromatic rings. The number of benzene rings is 1. The summed E-state index contributed by atoms with van der Waals surface area (Å²) in [5.41, 5.74) is 1.39. The molecule has 0 aliphatic rings. The van der Waals surface area contributed by atoms with Crippen molar-refractivity contribution in [2.75, 3.05) is 32.8 Å². The van der Waals surface area contributed by atoms with Gasteiger partial charge in [0.25, 0.3) is 0 Å². The van der Waals surface area contributed by atoms with Gasteiger partial charge in [0.15, 0.2) is 0 Å². The second kappa shape index (κ2) is 11.2. The summed E-state index contributed by atoms with van der Waals surface area (Å²) in [6, 6.07) is 7.82. The summed E-state index contributed by atoms with van der Waals surface area (Å²) in [6.07, 6.45) is 0.220. The van der Waals surface area contributed by atoms with Crippen LogP contribution in [0.3, 0.4) is 0 Å². The minimum absolute atomic E-state index is 0.127. The largest absolute Gasteiger partial charge is 0.494 e. The van der Waals surface area contributed by atoms with Gasteiger partial charge in [0.1, 0.15) is 5.75 Å². The van der Waals surface area contributed by atoms with Gasteiger partial charge in [-0.1, -0.05) is 32.9 Å². The first kappa shape index (κ1) is 21.6. The van der Waals surface area contributed by atoms with Crippen molar-refractivity contribution < 1.29 is 19.1 Å². The lowest BCUT2D eigenvalue weighted by Crippen LogP contribution is -2.40. The maximum absolute atomic E-state index is 11.6. The van der Waals surface area contributed by atoms with Crippen molar-refractivity contribution in [3.63, 3.8) is 0 Å². The van der Waals surface area contributed by atoms with E-state index < -0.39 is 6.09 Å². The Morgan fingerprint density at radius 3 is 2.19 bits per heavy atom. The van der Waals surface area contributed by atoms with Gasteiger partial charge >= 0.3 is 12.1 Å². The number of carbonyl (C=O) groups is 2. The number of hydrogen-bond acceptors (Lipinski definition) is 4. The molecule has 0 aliphatic carbocycles. The fourth-order valence-corrected chi connectivity index (χ4v) is 2.10. The minimum atomic E-state index is -0.484.